The van der Waals surface area contributed by atoms with E-state index in [1.807, 2.05) is 0 Å². The van der Waals surface area contributed by atoms with Crippen LogP contribution in [0.5, 0.6) is 0 Å². The fourth-order valence-corrected chi connectivity index (χ4v) is 2.03. The van der Waals surface area contributed by atoms with Crippen LogP contribution in [0.2, 0.25) is 0 Å². The first-order valence-electron chi connectivity index (χ1n) is 6.04. The molecule has 3 nitrogen and oxygen atoms in total. The van der Waals surface area contributed by atoms with E-state index in [9.17, 15) is 0 Å². The van der Waals surface area contributed by atoms with Gasteiger partial charge in [-0.25, -0.2) is 0 Å². The van der Waals surface area contributed by atoms with E-state index in [0.29, 0.717) is 11.7 Å². The third-order valence-corrected chi connectivity index (χ3v) is 3.23. The summed E-state index contributed by atoms with van der Waals surface area (Å²) in [6, 6.07) is 8.37. The molecule has 1 atom stereocenters. The fourth-order valence-electron chi connectivity index (χ4n) is 2.03. The second kappa shape index (κ2) is 4.62. The molecule has 1 unspecified atom stereocenters. The first-order chi connectivity index (χ1) is 8.13. The fraction of sp³-hybridized carbons (Fsp3) is 0.357. The molecule has 3 heteroatoms. The van der Waals surface area contributed by atoms with Gasteiger partial charge in [0.25, 0.3) is 0 Å². The van der Waals surface area contributed by atoms with E-state index in [0.717, 1.165) is 23.2 Å². The molecule has 1 aromatic carbocycles. The molecule has 0 bridgehead atoms. The number of nitrogens with two attached hydrogens (primary N) is 1. The van der Waals surface area contributed by atoms with Crippen LogP contribution in [0, 0.1) is 6.92 Å². The SMILES string of the molecule is CCC(C)c1[nH]nc(N)c1-c1cccc(C)c1. The van der Waals surface area contributed by atoms with Crippen molar-refractivity contribution in [2.75, 3.05) is 5.73 Å². The molecule has 90 valence electrons. The van der Waals surface area contributed by atoms with E-state index in [2.05, 4.69) is 55.2 Å². The molecule has 0 spiro atoms. The summed E-state index contributed by atoms with van der Waals surface area (Å²) in [6.07, 6.45) is 1.07. The lowest BCUT2D eigenvalue weighted by atomic mass is 9.95. The average Bonchev–Trinajstić information content (AvgIpc) is 2.70. The topological polar surface area (TPSA) is 54.7 Å². The highest BCUT2D eigenvalue weighted by atomic mass is 15.2. The minimum Gasteiger partial charge on any atom is -0.382 e. The summed E-state index contributed by atoms with van der Waals surface area (Å²) in [5.41, 5.74) is 10.5. The smallest absolute Gasteiger partial charge is 0.153 e. The lowest BCUT2D eigenvalue weighted by Gasteiger charge is -2.10. The van der Waals surface area contributed by atoms with Crippen molar-refractivity contribution in [1.82, 2.24) is 10.2 Å². The molecule has 0 saturated heterocycles. The van der Waals surface area contributed by atoms with Gasteiger partial charge in [-0.05, 0) is 24.8 Å². The number of nitrogens with zero attached hydrogens (tertiary/aromatic N) is 1. The molecule has 1 heterocycles. The Kier molecular flexibility index (Phi) is 3.18. The summed E-state index contributed by atoms with van der Waals surface area (Å²) in [5, 5.41) is 7.21. The number of nitrogens with one attached hydrogen (secondary N) is 1. The highest BCUT2D eigenvalue weighted by Crippen LogP contribution is 2.33. The molecule has 2 rings (SSSR count). The van der Waals surface area contributed by atoms with Gasteiger partial charge in [-0.15, -0.1) is 0 Å². The molecule has 0 fully saturated rings. The number of hydrogen-bond acceptors (Lipinski definition) is 2. The van der Waals surface area contributed by atoms with E-state index < -0.39 is 0 Å². The maximum atomic E-state index is 5.97. The van der Waals surface area contributed by atoms with Gasteiger partial charge < -0.3 is 5.73 Å². The second-order valence-electron chi connectivity index (χ2n) is 4.58. The Bertz CT molecular complexity index is 514. The molecule has 0 amide bonds. The van der Waals surface area contributed by atoms with Crippen LogP contribution in [-0.4, -0.2) is 10.2 Å². The summed E-state index contributed by atoms with van der Waals surface area (Å²) in [7, 11) is 0. The van der Waals surface area contributed by atoms with Crippen molar-refractivity contribution in [3.8, 4) is 11.1 Å². The number of nitrogen functional groups attached to an aromatic ring is 1. The van der Waals surface area contributed by atoms with Gasteiger partial charge in [0.15, 0.2) is 5.82 Å². The van der Waals surface area contributed by atoms with Crippen molar-refractivity contribution in [3.05, 3.63) is 35.5 Å². The van der Waals surface area contributed by atoms with Gasteiger partial charge in [0.2, 0.25) is 0 Å². The monoisotopic (exact) mass is 229 g/mol. The van der Waals surface area contributed by atoms with Crippen molar-refractivity contribution < 1.29 is 0 Å². The number of aromatic nitrogens is 2. The van der Waals surface area contributed by atoms with Crippen molar-refractivity contribution >= 4 is 5.82 Å². The molecule has 3 N–H and O–H groups in total. The zero-order valence-electron chi connectivity index (χ0n) is 10.6. The average molecular weight is 229 g/mol. The molecular formula is C14H19N3. The van der Waals surface area contributed by atoms with Gasteiger partial charge in [-0.2, -0.15) is 5.10 Å². The van der Waals surface area contributed by atoms with E-state index in [4.69, 9.17) is 5.73 Å². The lowest BCUT2D eigenvalue weighted by molar-refractivity contribution is 0.705. The van der Waals surface area contributed by atoms with Crippen molar-refractivity contribution in [2.45, 2.75) is 33.1 Å². The first-order valence-corrected chi connectivity index (χ1v) is 6.04. The third kappa shape index (κ3) is 2.18. The highest BCUT2D eigenvalue weighted by molar-refractivity contribution is 5.77. The molecule has 17 heavy (non-hydrogen) atoms. The Morgan fingerprint density at radius 1 is 1.41 bits per heavy atom. The van der Waals surface area contributed by atoms with E-state index in [-0.39, 0.29) is 0 Å². The van der Waals surface area contributed by atoms with Gasteiger partial charge in [0.1, 0.15) is 0 Å². The second-order valence-corrected chi connectivity index (χ2v) is 4.58. The van der Waals surface area contributed by atoms with E-state index in [1.165, 1.54) is 5.56 Å². The Morgan fingerprint density at radius 2 is 2.18 bits per heavy atom. The zero-order valence-corrected chi connectivity index (χ0v) is 10.6. The number of benzene rings is 1. The Morgan fingerprint density at radius 3 is 2.82 bits per heavy atom. The molecular weight excluding hydrogens is 210 g/mol. The van der Waals surface area contributed by atoms with Crippen LogP contribution in [0.15, 0.2) is 24.3 Å². The summed E-state index contributed by atoms with van der Waals surface area (Å²) < 4.78 is 0. The summed E-state index contributed by atoms with van der Waals surface area (Å²) in [5.74, 6) is 1.03. The normalized spacial score (nSPS) is 12.6. The van der Waals surface area contributed by atoms with Gasteiger partial charge in [-0.3, -0.25) is 5.10 Å². The number of H-pyrrole nitrogens is 1. The van der Waals surface area contributed by atoms with E-state index in [1.54, 1.807) is 0 Å². The maximum absolute atomic E-state index is 5.97. The maximum Gasteiger partial charge on any atom is 0.153 e. The van der Waals surface area contributed by atoms with Crippen LogP contribution in [-0.2, 0) is 0 Å². The summed E-state index contributed by atoms with van der Waals surface area (Å²) >= 11 is 0. The molecule has 0 saturated carbocycles. The number of anilines is 1. The number of rotatable bonds is 3. The summed E-state index contributed by atoms with van der Waals surface area (Å²) in [4.78, 5) is 0. The van der Waals surface area contributed by atoms with Crippen LogP contribution in [0.3, 0.4) is 0 Å². The van der Waals surface area contributed by atoms with Gasteiger partial charge >= 0.3 is 0 Å². The predicted molar refractivity (Wildman–Crippen MR) is 71.9 cm³/mol. The van der Waals surface area contributed by atoms with Crippen molar-refractivity contribution in [3.63, 3.8) is 0 Å². The molecule has 1 aromatic heterocycles. The molecule has 0 aliphatic carbocycles. The first kappa shape index (κ1) is 11.7. The summed E-state index contributed by atoms with van der Waals surface area (Å²) in [6.45, 7) is 6.44. The molecule has 2 aromatic rings. The minimum absolute atomic E-state index is 0.440. The third-order valence-electron chi connectivity index (χ3n) is 3.23. The van der Waals surface area contributed by atoms with Crippen LogP contribution in [0.4, 0.5) is 5.82 Å². The van der Waals surface area contributed by atoms with Gasteiger partial charge in [0, 0.05) is 11.3 Å². The van der Waals surface area contributed by atoms with Crippen LogP contribution >= 0.6 is 0 Å². The number of aromatic amines is 1. The van der Waals surface area contributed by atoms with E-state index >= 15 is 0 Å². The molecule has 0 aliphatic rings. The highest BCUT2D eigenvalue weighted by Gasteiger charge is 2.16. The Hall–Kier alpha value is -1.77. The van der Waals surface area contributed by atoms with Gasteiger partial charge in [-0.1, -0.05) is 43.7 Å². The van der Waals surface area contributed by atoms with Crippen LogP contribution in [0.1, 0.15) is 37.4 Å². The zero-order chi connectivity index (χ0) is 12.4. The number of hydrogen-bond donors (Lipinski definition) is 2. The van der Waals surface area contributed by atoms with Crippen LogP contribution in [0.25, 0.3) is 11.1 Å². The predicted octanol–water partition coefficient (Wildman–Crippen LogP) is 3.48. The molecule has 0 radical (unpaired) electrons. The Balaban J connectivity index is 2.54. The molecule has 0 aliphatic heterocycles. The van der Waals surface area contributed by atoms with Crippen molar-refractivity contribution in [1.29, 1.82) is 0 Å². The van der Waals surface area contributed by atoms with Gasteiger partial charge in [0.05, 0.1) is 0 Å². The number of aryl methyl sites for hydroxylation is 1. The van der Waals surface area contributed by atoms with Crippen LogP contribution < -0.4 is 5.73 Å². The van der Waals surface area contributed by atoms with Crippen molar-refractivity contribution in [2.24, 2.45) is 0 Å². The minimum atomic E-state index is 0.440. The quantitative estimate of drug-likeness (QED) is 0.846. The lowest BCUT2D eigenvalue weighted by Crippen LogP contribution is -1.95. The standard InChI is InChI=1S/C14H19N3/c1-4-10(3)13-12(14(15)17-16-13)11-7-5-6-9(2)8-11/h5-8,10H,4H2,1-3H3,(H3,15,16,17). The Labute approximate surface area is 102 Å². The largest absolute Gasteiger partial charge is 0.382 e.